The number of ether oxygens (including phenoxy) is 1. The van der Waals surface area contributed by atoms with Crippen LogP contribution >= 0.6 is 0 Å². The smallest absolute Gasteiger partial charge is 0.160 e. The van der Waals surface area contributed by atoms with E-state index in [9.17, 15) is 5.11 Å². The Kier molecular flexibility index (Phi) is 7.30. The number of hydrogen-bond acceptors (Lipinski definition) is 4. The van der Waals surface area contributed by atoms with Crippen molar-refractivity contribution in [3.63, 3.8) is 0 Å². The largest absolute Gasteiger partial charge is 0.504 e. The lowest BCUT2D eigenvalue weighted by molar-refractivity contribution is 0.248. The Morgan fingerprint density at radius 1 is 1.32 bits per heavy atom. The van der Waals surface area contributed by atoms with E-state index >= 15 is 0 Å². The lowest BCUT2D eigenvalue weighted by Crippen LogP contribution is -2.23. The van der Waals surface area contributed by atoms with Gasteiger partial charge in [0.15, 0.2) is 11.5 Å². The molecule has 1 atom stereocenters. The van der Waals surface area contributed by atoms with Gasteiger partial charge in [0, 0.05) is 13.2 Å². The SMILES string of the molecule is CCCC(CCO)CNCc1ccc(OC)c(O)c1. The molecule has 108 valence electrons. The molecule has 0 aliphatic carbocycles. The Labute approximate surface area is 115 Å². The standard InChI is InChI=1S/C15H25NO3/c1-3-4-12(7-8-17)10-16-11-13-5-6-15(19-2)14(18)9-13/h5-6,9,12,16-18H,3-4,7-8,10-11H2,1-2H3. The molecular formula is C15H25NO3. The molecule has 0 fully saturated rings. The van der Waals surface area contributed by atoms with E-state index in [0.717, 1.165) is 31.4 Å². The van der Waals surface area contributed by atoms with Crippen molar-refractivity contribution in [2.45, 2.75) is 32.7 Å². The van der Waals surface area contributed by atoms with Crippen LogP contribution in [0.3, 0.4) is 0 Å². The first-order valence-corrected chi connectivity index (χ1v) is 6.88. The second kappa shape index (κ2) is 8.77. The highest BCUT2D eigenvalue weighted by Crippen LogP contribution is 2.26. The van der Waals surface area contributed by atoms with Crippen molar-refractivity contribution in [3.05, 3.63) is 23.8 Å². The van der Waals surface area contributed by atoms with Gasteiger partial charge in [0.05, 0.1) is 7.11 Å². The van der Waals surface area contributed by atoms with Crippen LogP contribution in [0.1, 0.15) is 31.7 Å². The zero-order valence-corrected chi connectivity index (χ0v) is 11.9. The fraction of sp³-hybridized carbons (Fsp3) is 0.600. The number of aliphatic hydroxyl groups is 1. The molecular weight excluding hydrogens is 242 g/mol. The third-order valence-corrected chi connectivity index (χ3v) is 3.24. The number of phenols is 1. The normalized spacial score (nSPS) is 12.4. The molecule has 1 aromatic rings. The van der Waals surface area contributed by atoms with E-state index in [4.69, 9.17) is 9.84 Å². The summed E-state index contributed by atoms with van der Waals surface area (Å²) in [6.07, 6.45) is 3.10. The molecule has 0 saturated carbocycles. The van der Waals surface area contributed by atoms with Gasteiger partial charge in [-0.25, -0.2) is 0 Å². The number of aliphatic hydroxyl groups excluding tert-OH is 1. The summed E-state index contributed by atoms with van der Waals surface area (Å²) in [5, 5.41) is 22.1. The van der Waals surface area contributed by atoms with Gasteiger partial charge in [-0.1, -0.05) is 19.4 Å². The average molecular weight is 267 g/mol. The Hall–Kier alpha value is -1.26. The predicted molar refractivity (Wildman–Crippen MR) is 76.5 cm³/mol. The number of aromatic hydroxyl groups is 1. The number of rotatable bonds is 9. The van der Waals surface area contributed by atoms with E-state index < -0.39 is 0 Å². The lowest BCUT2D eigenvalue weighted by atomic mass is 10.0. The van der Waals surface area contributed by atoms with Crippen molar-refractivity contribution < 1.29 is 14.9 Å². The van der Waals surface area contributed by atoms with Gasteiger partial charge >= 0.3 is 0 Å². The summed E-state index contributed by atoms with van der Waals surface area (Å²) in [6.45, 7) is 4.01. The number of benzene rings is 1. The van der Waals surface area contributed by atoms with E-state index in [2.05, 4.69) is 12.2 Å². The van der Waals surface area contributed by atoms with Crippen LogP contribution < -0.4 is 10.1 Å². The molecule has 4 nitrogen and oxygen atoms in total. The molecule has 19 heavy (non-hydrogen) atoms. The second-order valence-corrected chi connectivity index (χ2v) is 4.80. The maximum absolute atomic E-state index is 9.68. The summed E-state index contributed by atoms with van der Waals surface area (Å²) in [6, 6.07) is 5.42. The van der Waals surface area contributed by atoms with Crippen LogP contribution in [0.15, 0.2) is 18.2 Å². The fourth-order valence-corrected chi connectivity index (χ4v) is 2.21. The first-order chi connectivity index (χ1) is 9.21. The third-order valence-electron chi connectivity index (χ3n) is 3.24. The van der Waals surface area contributed by atoms with Crippen molar-refractivity contribution in [3.8, 4) is 11.5 Å². The van der Waals surface area contributed by atoms with Crippen LogP contribution in [-0.2, 0) is 6.54 Å². The molecule has 1 rings (SSSR count). The molecule has 0 amide bonds. The van der Waals surface area contributed by atoms with Crippen molar-refractivity contribution in [2.75, 3.05) is 20.3 Å². The number of methoxy groups -OCH3 is 1. The molecule has 0 radical (unpaired) electrons. The molecule has 1 unspecified atom stereocenters. The summed E-state index contributed by atoms with van der Waals surface area (Å²) in [7, 11) is 1.54. The summed E-state index contributed by atoms with van der Waals surface area (Å²) in [4.78, 5) is 0. The third kappa shape index (κ3) is 5.49. The fourth-order valence-electron chi connectivity index (χ4n) is 2.21. The van der Waals surface area contributed by atoms with Gasteiger partial charge in [-0.05, 0) is 43.0 Å². The van der Waals surface area contributed by atoms with Crippen LogP contribution in [0.4, 0.5) is 0 Å². The van der Waals surface area contributed by atoms with Crippen LogP contribution in [0, 0.1) is 5.92 Å². The van der Waals surface area contributed by atoms with E-state index in [1.54, 1.807) is 12.1 Å². The minimum absolute atomic E-state index is 0.169. The topological polar surface area (TPSA) is 61.7 Å². The highest BCUT2D eigenvalue weighted by molar-refractivity contribution is 5.41. The molecule has 0 aromatic heterocycles. The van der Waals surface area contributed by atoms with Crippen LogP contribution in [0.25, 0.3) is 0 Å². The molecule has 0 aliphatic rings. The van der Waals surface area contributed by atoms with Crippen molar-refractivity contribution in [1.29, 1.82) is 0 Å². The summed E-state index contributed by atoms with van der Waals surface area (Å²) in [5.74, 6) is 1.18. The molecule has 3 N–H and O–H groups in total. The molecule has 0 spiro atoms. The van der Waals surface area contributed by atoms with E-state index in [1.807, 2.05) is 6.07 Å². The number of phenolic OH excluding ortho intramolecular Hbond substituents is 1. The maximum Gasteiger partial charge on any atom is 0.160 e. The molecule has 0 heterocycles. The predicted octanol–water partition coefficient (Wildman–Crippen LogP) is 2.29. The minimum Gasteiger partial charge on any atom is -0.504 e. The Morgan fingerprint density at radius 2 is 2.11 bits per heavy atom. The second-order valence-electron chi connectivity index (χ2n) is 4.80. The van der Waals surface area contributed by atoms with Gasteiger partial charge < -0.3 is 20.3 Å². The quantitative estimate of drug-likeness (QED) is 0.642. The molecule has 0 bridgehead atoms. The van der Waals surface area contributed by atoms with Crippen LogP contribution in [-0.4, -0.2) is 30.5 Å². The zero-order valence-electron chi connectivity index (χ0n) is 11.9. The van der Waals surface area contributed by atoms with Gasteiger partial charge in [-0.2, -0.15) is 0 Å². The summed E-state index contributed by atoms with van der Waals surface area (Å²) < 4.78 is 5.01. The van der Waals surface area contributed by atoms with Crippen LogP contribution in [0.2, 0.25) is 0 Å². The van der Waals surface area contributed by atoms with E-state index in [-0.39, 0.29) is 12.4 Å². The van der Waals surface area contributed by atoms with Gasteiger partial charge in [0.2, 0.25) is 0 Å². The number of hydrogen-bond donors (Lipinski definition) is 3. The molecule has 4 heteroatoms. The van der Waals surface area contributed by atoms with Crippen molar-refractivity contribution >= 4 is 0 Å². The monoisotopic (exact) mass is 267 g/mol. The van der Waals surface area contributed by atoms with Gasteiger partial charge in [0.1, 0.15) is 0 Å². The Morgan fingerprint density at radius 3 is 2.68 bits per heavy atom. The van der Waals surface area contributed by atoms with Crippen molar-refractivity contribution in [1.82, 2.24) is 5.32 Å². The van der Waals surface area contributed by atoms with Gasteiger partial charge in [-0.15, -0.1) is 0 Å². The Bertz CT molecular complexity index is 362. The first-order valence-electron chi connectivity index (χ1n) is 6.88. The lowest BCUT2D eigenvalue weighted by Gasteiger charge is -2.16. The first kappa shape index (κ1) is 15.8. The molecule has 1 aromatic carbocycles. The van der Waals surface area contributed by atoms with Crippen molar-refractivity contribution in [2.24, 2.45) is 5.92 Å². The van der Waals surface area contributed by atoms with E-state index in [1.165, 1.54) is 7.11 Å². The van der Waals surface area contributed by atoms with Crippen LogP contribution in [0.5, 0.6) is 11.5 Å². The zero-order chi connectivity index (χ0) is 14.1. The molecule has 0 saturated heterocycles. The highest BCUT2D eigenvalue weighted by Gasteiger charge is 2.07. The Balaban J connectivity index is 2.41. The summed E-state index contributed by atoms with van der Waals surface area (Å²) >= 11 is 0. The maximum atomic E-state index is 9.68. The average Bonchev–Trinajstić information content (AvgIpc) is 2.39. The molecule has 0 aliphatic heterocycles. The highest BCUT2D eigenvalue weighted by atomic mass is 16.5. The van der Waals surface area contributed by atoms with E-state index in [0.29, 0.717) is 18.2 Å². The number of nitrogens with one attached hydrogen (secondary N) is 1. The minimum atomic E-state index is 0.169. The summed E-state index contributed by atoms with van der Waals surface area (Å²) in [5.41, 5.74) is 1.03. The van der Waals surface area contributed by atoms with Gasteiger partial charge in [-0.3, -0.25) is 0 Å². The van der Waals surface area contributed by atoms with Gasteiger partial charge in [0.25, 0.3) is 0 Å².